The number of rotatable bonds is 7. The molecular formula is C17H21ClN2O. The molecule has 1 aromatic carbocycles. The number of fused-ring (bicyclic) bond motifs is 1. The van der Waals surface area contributed by atoms with E-state index in [1.807, 2.05) is 24.4 Å². The first-order valence-corrected chi connectivity index (χ1v) is 8.04. The highest BCUT2D eigenvalue weighted by Gasteiger charge is 2.28. The van der Waals surface area contributed by atoms with Crippen molar-refractivity contribution < 1.29 is 5.11 Å². The van der Waals surface area contributed by atoms with Crippen LogP contribution in [0.5, 0.6) is 0 Å². The van der Waals surface area contributed by atoms with E-state index in [9.17, 15) is 0 Å². The van der Waals surface area contributed by atoms with Crippen molar-refractivity contribution in [3.05, 3.63) is 41.0 Å². The van der Waals surface area contributed by atoms with Gasteiger partial charge in [-0.3, -0.25) is 9.88 Å². The molecule has 1 aromatic heterocycles. The summed E-state index contributed by atoms with van der Waals surface area (Å²) >= 11 is 6.26. The van der Waals surface area contributed by atoms with Crippen LogP contribution in [0.2, 0.25) is 5.02 Å². The Hall–Kier alpha value is -1.16. The van der Waals surface area contributed by atoms with Gasteiger partial charge in [-0.25, -0.2) is 0 Å². The van der Waals surface area contributed by atoms with E-state index in [0.29, 0.717) is 6.04 Å². The number of hydrogen-bond donors (Lipinski definition) is 1. The van der Waals surface area contributed by atoms with Gasteiger partial charge in [0, 0.05) is 35.8 Å². The summed E-state index contributed by atoms with van der Waals surface area (Å²) in [7, 11) is 0. The lowest BCUT2D eigenvalue weighted by Crippen LogP contribution is -2.27. The summed E-state index contributed by atoms with van der Waals surface area (Å²) in [4.78, 5) is 7.04. The first-order valence-electron chi connectivity index (χ1n) is 7.66. The predicted molar refractivity (Wildman–Crippen MR) is 86.5 cm³/mol. The van der Waals surface area contributed by atoms with E-state index >= 15 is 0 Å². The molecule has 21 heavy (non-hydrogen) atoms. The molecule has 0 radical (unpaired) electrons. The van der Waals surface area contributed by atoms with Crippen LogP contribution in [0.1, 0.15) is 31.2 Å². The average molecular weight is 305 g/mol. The number of nitrogens with zero attached hydrogens (tertiary/aromatic N) is 2. The van der Waals surface area contributed by atoms with E-state index < -0.39 is 0 Å². The summed E-state index contributed by atoms with van der Waals surface area (Å²) in [6.07, 6.45) is 6.33. The van der Waals surface area contributed by atoms with Crippen molar-refractivity contribution in [3.63, 3.8) is 0 Å². The number of aromatic nitrogens is 1. The molecule has 3 rings (SSSR count). The van der Waals surface area contributed by atoms with Crippen molar-refractivity contribution in [2.24, 2.45) is 0 Å². The molecule has 1 aliphatic rings. The van der Waals surface area contributed by atoms with Crippen LogP contribution in [0, 0.1) is 0 Å². The summed E-state index contributed by atoms with van der Waals surface area (Å²) in [6, 6.07) is 8.73. The Morgan fingerprint density at radius 3 is 2.86 bits per heavy atom. The fraction of sp³-hybridized carbons (Fsp3) is 0.471. The zero-order valence-corrected chi connectivity index (χ0v) is 12.9. The zero-order valence-electron chi connectivity index (χ0n) is 12.1. The Balaban J connectivity index is 1.81. The molecule has 0 aliphatic heterocycles. The van der Waals surface area contributed by atoms with Gasteiger partial charge in [-0.15, -0.1) is 0 Å². The Bertz CT molecular complexity index is 613. The third kappa shape index (κ3) is 3.54. The van der Waals surface area contributed by atoms with Crippen molar-refractivity contribution in [3.8, 4) is 0 Å². The normalized spacial score (nSPS) is 15.0. The van der Waals surface area contributed by atoms with Gasteiger partial charge in [0.2, 0.25) is 0 Å². The topological polar surface area (TPSA) is 36.4 Å². The van der Waals surface area contributed by atoms with Crippen molar-refractivity contribution in [1.29, 1.82) is 0 Å². The lowest BCUT2D eigenvalue weighted by molar-refractivity contribution is 0.229. The van der Waals surface area contributed by atoms with Crippen molar-refractivity contribution in [2.45, 2.75) is 38.3 Å². The highest BCUT2D eigenvalue weighted by Crippen LogP contribution is 2.31. The Morgan fingerprint density at radius 2 is 2.10 bits per heavy atom. The third-order valence-corrected chi connectivity index (χ3v) is 4.42. The number of hydrogen-bond acceptors (Lipinski definition) is 3. The smallest absolute Gasteiger partial charge is 0.0761 e. The second kappa shape index (κ2) is 6.73. The van der Waals surface area contributed by atoms with Crippen LogP contribution in [-0.2, 0) is 6.54 Å². The summed E-state index contributed by atoms with van der Waals surface area (Å²) < 4.78 is 0. The van der Waals surface area contributed by atoms with E-state index in [4.69, 9.17) is 16.7 Å². The monoisotopic (exact) mass is 304 g/mol. The Labute approximate surface area is 130 Å². The van der Waals surface area contributed by atoms with Gasteiger partial charge in [-0.1, -0.05) is 17.7 Å². The molecule has 1 aliphatic carbocycles. The number of benzene rings is 1. The molecule has 2 aromatic rings. The van der Waals surface area contributed by atoms with Gasteiger partial charge in [0.25, 0.3) is 0 Å². The number of pyridine rings is 1. The number of aliphatic hydroxyl groups is 1. The number of unbranched alkanes of at least 4 members (excludes halogenated alkanes) is 1. The summed E-state index contributed by atoms with van der Waals surface area (Å²) in [6.45, 7) is 2.24. The largest absolute Gasteiger partial charge is 0.396 e. The zero-order chi connectivity index (χ0) is 14.7. The average Bonchev–Trinajstić information content (AvgIpc) is 3.34. The fourth-order valence-electron chi connectivity index (χ4n) is 2.80. The number of aliphatic hydroxyl groups excluding tert-OH is 1. The van der Waals surface area contributed by atoms with Crippen molar-refractivity contribution in [1.82, 2.24) is 9.88 Å². The highest BCUT2D eigenvalue weighted by atomic mass is 35.5. The predicted octanol–water partition coefficient (Wildman–Crippen LogP) is 3.63. The van der Waals surface area contributed by atoms with E-state index in [1.165, 1.54) is 18.4 Å². The number of halogens is 1. The van der Waals surface area contributed by atoms with E-state index in [1.54, 1.807) is 0 Å². The standard InChI is InChI=1S/C17H21ClN2O/c18-16-8-5-13(17-15(16)4-3-9-19-17)12-20(14-6-7-14)10-1-2-11-21/h3-5,8-9,14,21H,1-2,6-7,10-12H2. The molecule has 0 atom stereocenters. The van der Waals surface area contributed by atoms with Gasteiger partial charge in [0.15, 0.2) is 0 Å². The minimum atomic E-state index is 0.282. The molecule has 3 nitrogen and oxygen atoms in total. The van der Waals surface area contributed by atoms with Crippen LogP contribution in [0.3, 0.4) is 0 Å². The molecule has 4 heteroatoms. The summed E-state index contributed by atoms with van der Waals surface area (Å²) in [5.74, 6) is 0. The molecule has 112 valence electrons. The third-order valence-electron chi connectivity index (χ3n) is 4.09. The van der Waals surface area contributed by atoms with Gasteiger partial charge in [0.05, 0.1) is 5.52 Å². The van der Waals surface area contributed by atoms with Crippen LogP contribution in [0.25, 0.3) is 10.9 Å². The first-order chi connectivity index (χ1) is 10.3. The maximum atomic E-state index is 8.95. The maximum absolute atomic E-state index is 8.95. The van der Waals surface area contributed by atoms with Crippen LogP contribution in [0.15, 0.2) is 30.5 Å². The second-order valence-electron chi connectivity index (χ2n) is 5.74. The first kappa shape index (κ1) is 14.8. The second-order valence-corrected chi connectivity index (χ2v) is 6.15. The van der Waals surface area contributed by atoms with Crippen molar-refractivity contribution >= 4 is 22.5 Å². The van der Waals surface area contributed by atoms with E-state index in [2.05, 4.69) is 16.0 Å². The minimum Gasteiger partial charge on any atom is -0.396 e. The molecular weight excluding hydrogens is 284 g/mol. The molecule has 0 saturated heterocycles. The van der Waals surface area contributed by atoms with E-state index in [0.717, 1.165) is 41.9 Å². The van der Waals surface area contributed by atoms with Crippen LogP contribution in [0.4, 0.5) is 0 Å². The molecule has 0 amide bonds. The molecule has 0 bridgehead atoms. The van der Waals surface area contributed by atoms with Crippen molar-refractivity contribution in [2.75, 3.05) is 13.2 Å². The van der Waals surface area contributed by atoms with Gasteiger partial charge in [0.1, 0.15) is 0 Å². The Morgan fingerprint density at radius 1 is 1.24 bits per heavy atom. The summed E-state index contributed by atoms with van der Waals surface area (Å²) in [5, 5.41) is 10.7. The minimum absolute atomic E-state index is 0.282. The van der Waals surface area contributed by atoms with Crippen LogP contribution >= 0.6 is 11.6 Å². The molecule has 0 unspecified atom stereocenters. The van der Waals surface area contributed by atoms with E-state index in [-0.39, 0.29) is 6.61 Å². The van der Waals surface area contributed by atoms with Gasteiger partial charge < -0.3 is 5.11 Å². The van der Waals surface area contributed by atoms with Gasteiger partial charge in [-0.05, 0) is 56.0 Å². The molecule has 1 saturated carbocycles. The lowest BCUT2D eigenvalue weighted by Gasteiger charge is -2.22. The quantitative estimate of drug-likeness (QED) is 0.794. The molecule has 1 N–H and O–H groups in total. The van der Waals surface area contributed by atoms with Crippen LogP contribution in [-0.4, -0.2) is 34.2 Å². The lowest BCUT2D eigenvalue weighted by atomic mass is 10.1. The maximum Gasteiger partial charge on any atom is 0.0761 e. The Kier molecular flexibility index (Phi) is 4.73. The molecule has 0 spiro atoms. The highest BCUT2D eigenvalue weighted by molar-refractivity contribution is 6.35. The molecule has 1 fully saturated rings. The SMILES string of the molecule is OCCCCN(Cc1ccc(Cl)c2cccnc12)C1CC1. The van der Waals surface area contributed by atoms with Gasteiger partial charge in [-0.2, -0.15) is 0 Å². The van der Waals surface area contributed by atoms with Gasteiger partial charge >= 0.3 is 0 Å². The molecule has 1 heterocycles. The summed E-state index contributed by atoms with van der Waals surface area (Å²) in [5.41, 5.74) is 2.25. The van der Waals surface area contributed by atoms with Crippen LogP contribution < -0.4 is 0 Å². The fourth-order valence-corrected chi connectivity index (χ4v) is 3.02.